The van der Waals surface area contributed by atoms with Crippen molar-refractivity contribution in [2.75, 3.05) is 6.54 Å². The van der Waals surface area contributed by atoms with Gasteiger partial charge in [-0.1, -0.05) is 6.92 Å². The Balaban J connectivity index is 2.21. The van der Waals surface area contributed by atoms with Gasteiger partial charge in [-0.05, 0) is 32.7 Å². The van der Waals surface area contributed by atoms with Crippen LogP contribution in [-0.4, -0.2) is 30.0 Å². The van der Waals surface area contributed by atoms with Crippen LogP contribution >= 0.6 is 0 Å². The molecule has 0 aromatic heterocycles. The first-order valence-corrected chi connectivity index (χ1v) is 4.91. The lowest BCUT2D eigenvalue weighted by Gasteiger charge is -2.23. The van der Waals surface area contributed by atoms with Gasteiger partial charge in [-0.15, -0.1) is 0 Å². The van der Waals surface area contributed by atoms with Crippen molar-refractivity contribution >= 4 is 0 Å². The predicted molar refractivity (Wildman–Crippen MR) is 49.9 cm³/mol. The number of nitrogens with one attached hydrogen (secondary N) is 2. The Bertz CT molecular complexity index is 124. The highest BCUT2D eigenvalue weighted by molar-refractivity contribution is 4.80. The summed E-state index contributed by atoms with van der Waals surface area (Å²) in [5, 5.41) is 16.1. The molecule has 0 saturated carbocycles. The second-order valence-corrected chi connectivity index (χ2v) is 3.62. The summed E-state index contributed by atoms with van der Waals surface area (Å²) in [5.74, 6) is 0. The monoisotopic (exact) mass is 172 g/mol. The quantitative estimate of drug-likeness (QED) is 0.539. The van der Waals surface area contributed by atoms with Crippen molar-refractivity contribution in [1.82, 2.24) is 10.6 Å². The van der Waals surface area contributed by atoms with E-state index in [-0.39, 0.29) is 12.3 Å². The molecule has 0 radical (unpaired) electrons. The minimum absolute atomic E-state index is 0.263. The van der Waals surface area contributed by atoms with Crippen LogP contribution in [0.3, 0.4) is 0 Å². The van der Waals surface area contributed by atoms with Crippen molar-refractivity contribution in [3.8, 4) is 0 Å². The summed E-state index contributed by atoms with van der Waals surface area (Å²) in [6.45, 7) is 5.26. The van der Waals surface area contributed by atoms with E-state index in [1.165, 1.54) is 6.42 Å². The van der Waals surface area contributed by atoms with Gasteiger partial charge < -0.3 is 10.4 Å². The first kappa shape index (κ1) is 9.96. The molecule has 1 aliphatic rings. The van der Waals surface area contributed by atoms with Gasteiger partial charge in [0.1, 0.15) is 6.23 Å². The molecular formula is C9H20N2O. The van der Waals surface area contributed by atoms with Crippen LogP contribution < -0.4 is 10.6 Å². The van der Waals surface area contributed by atoms with E-state index in [1.54, 1.807) is 0 Å². The first-order chi connectivity index (χ1) is 5.74. The number of hydrogen-bond acceptors (Lipinski definition) is 3. The van der Waals surface area contributed by atoms with Crippen molar-refractivity contribution in [1.29, 1.82) is 0 Å². The minimum Gasteiger partial charge on any atom is -0.377 e. The van der Waals surface area contributed by atoms with Gasteiger partial charge in [-0.2, -0.15) is 0 Å². The highest BCUT2D eigenvalue weighted by Gasteiger charge is 2.22. The Labute approximate surface area is 74.5 Å². The van der Waals surface area contributed by atoms with Crippen LogP contribution in [0.4, 0.5) is 0 Å². The lowest BCUT2D eigenvalue weighted by Crippen LogP contribution is -2.47. The zero-order chi connectivity index (χ0) is 8.97. The number of hydrogen-bond donors (Lipinski definition) is 3. The molecule has 1 aliphatic heterocycles. The molecule has 0 aromatic rings. The summed E-state index contributed by atoms with van der Waals surface area (Å²) in [7, 11) is 0. The van der Waals surface area contributed by atoms with E-state index in [2.05, 4.69) is 24.5 Å². The molecule has 1 fully saturated rings. The largest absolute Gasteiger partial charge is 0.377 e. The van der Waals surface area contributed by atoms with Crippen LogP contribution in [0.15, 0.2) is 0 Å². The molecule has 0 amide bonds. The van der Waals surface area contributed by atoms with Gasteiger partial charge in [0, 0.05) is 12.1 Å². The van der Waals surface area contributed by atoms with Gasteiger partial charge in [-0.25, -0.2) is 0 Å². The molecule has 0 spiro atoms. The van der Waals surface area contributed by atoms with E-state index in [1.807, 2.05) is 0 Å². The van der Waals surface area contributed by atoms with Crippen LogP contribution in [0.5, 0.6) is 0 Å². The molecule has 3 nitrogen and oxygen atoms in total. The summed E-state index contributed by atoms with van der Waals surface area (Å²) >= 11 is 0. The minimum atomic E-state index is -0.373. The van der Waals surface area contributed by atoms with Crippen molar-refractivity contribution < 1.29 is 5.11 Å². The summed E-state index contributed by atoms with van der Waals surface area (Å²) < 4.78 is 0. The smallest absolute Gasteiger partial charge is 0.120 e. The van der Waals surface area contributed by atoms with Crippen molar-refractivity contribution in [2.24, 2.45) is 0 Å². The molecule has 1 saturated heterocycles. The van der Waals surface area contributed by atoms with Gasteiger partial charge in [-0.3, -0.25) is 5.32 Å². The highest BCUT2D eigenvalue weighted by Crippen LogP contribution is 2.08. The third-order valence-corrected chi connectivity index (χ3v) is 2.55. The molecule has 12 heavy (non-hydrogen) atoms. The Morgan fingerprint density at radius 2 is 2.42 bits per heavy atom. The third-order valence-electron chi connectivity index (χ3n) is 2.55. The van der Waals surface area contributed by atoms with E-state index >= 15 is 0 Å². The summed E-state index contributed by atoms with van der Waals surface area (Å²) in [5.41, 5.74) is 0. The molecule has 1 heterocycles. The molecule has 1 rings (SSSR count). The third kappa shape index (κ3) is 2.73. The molecule has 0 aromatic carbocycles. The number of aliphatic hydroxyl groups is 1. The molecule has 1 unspecified atom stereocenters. The maximum absolute atomic E-state index is 9.68. The fraction of sp³-hybridized carbons (Fsp3) is 1.00. The lowest BCUT2D eigenvalue weighted by molar-refractivity contribution is 0.0896. The number of aliphatic hydroxyl groups excluding tert-OH is 1. The Hall–Kier alpha value is -0.120. The lowest BCUT2D eigenvalue weighted by atomic mass is 10.2. The van der Waals surface area contributed by atoms with Crippen LogP contribution in [0.1, 0.15) is 33.1 Å². The molecule has 0 bridgehead atoms. The van der Waals surface area contributed by atoms with E-state index in [9.17, 15) is 5.11 Å². The topological polar surface area (TPSA) is 44.3 Å². The summed E-state index contributed by atoms with van der Waals surface area (Å²) in [6, 6.07) is 0.668. The van der Waals surface area contributed by atoms with Crippen LogP contribution in [0, 0.1) is 0 Å². The van der Waals surface area contributed by atoms with Gasteiger partial charge in [0.2, 0.25) is 0 Å². The maximum Gasteiger partial charge on any atom is 0.120 e. The second kappa shape index (κ2) is 4.80. The Morgan fingerprint density at radius 1 is 1.67 bits per heavy atom. The van der Waals surface area contributed by atoms with Gasteiger partial charge >= 0.3 is 0 Å². The standard InChI is InChI=1S/C9H20N2O/c1-3-7(2)11-9(12)8-5-4-6-10-8/h7-12H,3-6H2,1-2H3/t7-,8+,9?/m1/s1. The van der Waals surface area contributed by atoms with Crippen LogP contribution in [-0.2, 0) is 0 Å². The summed E-state index contributed by atoms with van der Waals surface area (Å²) in [4.78, 5) is 0. The fourth-order valence-corrected chi connectivity index (χ4v) is 1.51. The average molecular weight is 172 g/mol. The van der Waals surface area contributed by atoms with Gasteiger partial charge in [0.25, 0.3) is 0 Å². The molecule has 3 atom stereocenters. The normalized spacial score (nSPS) is 28.8. The summed E-state index contributed by atoms with van der Waals surface area (Å²) in [6.07, 6.45) is 2.96. The van der Waals surface area contributed by atoms with Crippen LogP contribution in [0.2, 0.25) is 0 Å². The Kier molecular flexibility index (Phi) is 3.98. The first-order valence-electron chi connectivity index (χ1n) is 4.91. The van der Waals surface area contributed by atoms with Gasteiger partial charge in [0.05, 0.1) is 0 Å². The highest BCUT2D eigenvalue weighted by atomic mass is 16.3. The van der Waals surface area contributed by atoms with Crippen molar-refractivity contribution in [2.45, 2.75) is 51.4 Å². The van der Waals surface area contributed by atoms with E-state index in [0.717, 1.165) is 19.4 Å². The van der Waals surface area contributed by atoms with Crippen molar-refractivity contribution in [3.05, 3.63) is 0 Å². The zero-order valence-electron chi connectivity index (χ0n) is 8.01. The second-order valence-electron chi connectivity index (χ2n) is 3.62. The maximum atomic E-state index is 9.68. The predicted octanol–water partition coefficient (Wildman–Crippen LogP) is 0.445. The average Bonchev–Trinajstić information content (AvgIpc) is 2.56. The Morgan fingerprint density at radius 3 is 2.92 bits per heavy atom. The molecular weight excluding hydrogens is 152 g/mol. The van der Waals surface area contributed by atoms with E-state index in [0.29, 0.717) is 6.04 Å². The SMILES string of the molecule is CC[C@@H](C)NC(O)[C@@H]1CCCN1. The van der Waals surface area contributed by atoms with Crippen LogP contribution in [0.25, 0.3) is 0 Å². The zero-order valence-corrected chi connectivity index (χ0v) is 8.01. The van der Waals surface area contributed by atoms with Crippen molar-refractivity contribution in [3.63, 3.8) is 0 Å². The fourth-order valence-electron chi connectivity index (χ4n) is 1.51. The van der Waals surface area contributed by atoms with E-state index in [4.69, 9.17) is 0 Å². The molecule has 3 heteroatoms. The molecule has 3 N–H and O–H groups in total. The number of rotatable bonds is 4. The van der Waals surface area contributed by atoms with Gasteiger partial charge in [0.15, 0.2) is 0 Å². The molecule has 0 aliphatic carbocycles. The molecule has 72 valence electrons. The van der Waals surface area contributed by atoms with E-state index < -0.39 is 0 Å².